The van der Waals surface area contributed by atoms with Gasteiger partial charge in [0.2, 0.25) is 0 Å². The Hall–Kier alpha value is 0.190. The van der Waals surface area contributed by atoms with E-state index in [1.165, 1.54) is 7.11 Å². The molecule has 0 aromatic heterocycles. The molecule has 12 heavy (non-hydrogen) atoms. The first-order valence-electron chi connectivity index (χ1n) is 3.74. The number of aliphatic hydroxyl groups excluding tert-OH is 2. The molecule has 2 N–H and O–H groups in total. The van der Waals surface area contributed by atoms with Crippen LogP contribution in [0.25, 0.3) is 0 Å². The smallest absolute Gasteiger partial charge is 0.186 e. The number of thioether (sulfide) groups is 1. The highest BCUT2D eigenvalue weighted by atomic mass is 32.2. The molecule has 0 spiro atoms. The lowest BCUT2D eigenvalue weighted by Crippen LogP contribution is -2.33. The van der Waals surface area contributed by atoms with Crippen LogP contribution in [0.15, 0.2) is 0 Å². The lowest BCUT2D eigenvalue weighted by molar-refractivity contribution is -0.145. The van der Waals surface area contributed by atoms with E-state index in [1.807, 2.05) is 6.26 Å². The molecule has 0 aromatic rings. The normalized spacial score (nSPS) is 42.0. The van der Waals surface area contributed by atoms with Crippen LogP contribution in [-0.2, 0) is 9.47 Å². The van der Waals surface area contributed by atoms with Crippen LogP contribution in [-0.4, -0.2) is 53.9 Å². The molecule has 1 aliphatic rings. The minimum absolute atomic E-state index is 0.319. The molecule has 0 radical (unpaired) electrons. The molecule has 0 aliphatic carbocycles. The van der Waals surface area contributed by atoms with E-state index in [1.54, 1.807) is 11.8 Å². The summed E-state index contributed by atoms with van der Waals surface area (Å²) in [5, 5.41) is 18.8. The minimum atomic E-state index is -0.924. The molecule has 1 heterocycles. The fraction of sp³-hybridized carbons (Fsp3) is 1.00. The van der Waals surface area contributed by atoms with Crippen LogP contribution in [0.5, 0.6) is 0 Å². The zero-order valence-corrected chi connectivity index (χ0v) is 7.95. The molecule has 1 rings (SSSR count). The van der Waals surface area contributed by atoms with Crippen LogP contribution < -0.4 is 0 Å². The lowest BCUT2D eigenvalue weighted by Gasteiger charge is -2.11. The number of methoxy groups -OCH3 is 1. The molecule has 1 fully saturated rings. The summed E-state index contributed by atoms with van der Waals surface area (Å²) in [4.78, 5) is 0. The Labute approximate surface area is 75.9 Å². The van der Waals surface area contributed by atoms with Crippen molar-refractivity contribution in [3.63, 3.8) is 0 Å². The maximum atomic E-state index is 9.42. The average Bonchev–Trinajstić information content (AvgIpc) is 2.33. The molecule has 0 bridgehead atoms. The summed E-state index contributed by atoms with van der Waals surface area (Å²) in [6.07, 6.45) is -0.838. The van der Waals surface area contributed by atoms with Gasteiger partial charge >= 0.3 is 0 Å². The molecule has 4 nitrogen and oxygen atoms in total. The molecule has 5 heteroatoms. The van der Waals surface area contributed by atoms with Gasteiger partial charge in [0, 0.05) is 12.9 Å². The molecule has 0 aromatic carbocycles. The maximum absolute atomic E-state index is 9.42. The van der Waals surface area contributed by atoms with Crippen LogP contribution in [0.2, 0.25) is 0 Å². The second kappa shape index (κ2) is 4.43. The van der Waals surface area contributed by atoms with Crippen molar-refractivity contribution in [2.75, 3.05) is 19.1 Å². The van der Waals surface area contributed by atoms with Gasteiger partial charge in [-0.15, -0.1) is 0 Å². The third-order valence-electron chi connectivity index (χ3n) is 1.88. The van der Waals surface area contributed by atoms with E-state index in [9.17, 15) is 10.2 Å². The van der Waals surface area contributed by atoms with Crippen LogP contribution in [0, 0.1) is 0 Å². The second-order valence-corrected chi connectivity index (χ2v) is 3.63. The Morgan fingerprint density at radius 2 is 2.08 bits per heavy atom. The van der Waals surface area contributed by atoms with Crippen LogP contribution >= 0.6 is 11.8 Å². The molecule has 72 valence electrons. The van der Waals surface area contributed by atoms with E-state index < -0.39 is 18.5 Å². The van der Waals surface area contributed by atoms with Crippen molar-refractivity contribution in [1.29, 1.82) is 0 Å². The van der Waals surface area contributed by atoms with Gasteiger partial charge in [-0.1, -0.05) is 0 Å². The molecule has 4 atom stereocenters. The summed E-state index contributed by atoms with van der Waals surface area (Å²) in [5.41, 5.74) is 0. The van der Waals surface area contributed by atoms with Crippen molar-refractivity contribution in [1.82, 2.24) is 0 Å². The second-order valence-electron chi connectivity index (χ2n) is 2.72. The van der Waals surface area contributed by atoms with Gasteiger partial charge in [0.1, 0.15) is 12.2 Å². The quantitative estimate of drug-likeness (QED) is 0.631. The van der Waals surface area contributed by atoms with Gasteiger partial charge in [-0.25, -0.2) is 0 Å². The topological polar surface area (TPSA) is 58.9 Å². The number of hydrogen-bond acceptors (Lipinski definition) is 5. The van der Waals surface area contributed by atoms with Crippen molar-refractivity contribution in [3.8, 4) is 0 Å². The first kappa shape index (κ1) is 10.3. The van der Waals surface area contributed by atoms with Crippen molar-refractivity contribution in [2.24, 2.45) is 0 Å². The SMILES string of the molecule is CO[C@H]1O[C@H](CSC)[C@@H](O)[C@@H]1O. The molecule has 0 unspecified atom stereocenters. The summed E-state index contributed by atoms with van der Waals surface area (Å²) < 4.78 is 10.1. The number of ether oxygens (including phenoxy) is 2. The number of rotatable bonds is 3. The Bertz CT molecular complexity index is 143. The van der Waals surface area contributed by atoms with E-state index >= 15 is 0 Å². The Balaban J connectivity index is 2.48. The monoisotopic (exact) mass is 194 g/mol. The summed E-state index contributed by atoms with van der Waals surface area (Å²) in [6.45, 7) is 0. The Morgan fingerprint density at radius 1 is 1.42 bits per heavy atom. The van der Waals surface area contributed by atoms with Gasteiger partial charge in [-0.05, 0) is 6.26 Å². The molecule has 0 amide bonds. The van der Waals surface area contributed by atoms with E-state index in [2.05, 4.69) is 0 Å². The van der Waals surface area contributed by atoms with Crippen LogP contribution in [0.4, 0.5) is 0 Å². The number of aliphatic hydroxyl groups is 2. The first-order valence-corrected chi connectivity index (χ1v) is 5.13. The molecular formula is C7H14O4S. The standard InChI is InChI=1S/C7H14O4S/c1-10-7-6(9)5(8)4(11-7)3-12-2/h4-9H,3H2,1-2H3/t4-,5-,6+,7+/m1/s1. The lowest BCUT2D eigenvalue weighted by atomic mass is 10.2. The summed E-state index contributed by atoms with van der Waals surface area (Å²) >= 11 is 1.57. The highest BCUT2D eigenvalue weighted by Crippen LogP contribution is 2.23. The van der Waals surface area contributed by atoms with Crippen molar-refractivity contribution in [2.45, 2.75) is 24.6 Å². The molecule has 0 saturated carbocycles. The zero-order valence-electron chi connectivity index (χ0n) is 7.14. The maximum Gasteiger partial charge on any atom is 0.186 e. The van der Waals surface area contributed by atoms with Gasteiger partial charge in [-0.2, -0.15) is 11.8 Å². The van der Waals surface area contributed by atoms with Gasteiger partial charge in [0.05, 0.1) is 6.10 Å². The van der Waals surface area contributed by atoms with Gasteiger partial charge in [0.25, 0.3) is 0 Å². The van der Waals surface area contributed by atoms with E-state index in [-0.39, 0.29) is 6.10 Å². The third kappa shape index (κ3) is 1.92. The predicted molar refractivity (Wildman–Crippen MR) is 46.1 cm³/mol. The van der Waals surface area contributed by atoms with Crippen molar-refractivity contribution >= 4 is 11.8 Å². The molecular weight excluding hydrogens is 180 g/mol. The highest BCUT2D eigenvalue weighted by molar-refractivity contribution is 7.98. The van der Waals surface area contributed by atoms with Gasteiger partial charge < -0.3 is 19.7 Å². The van der Waals surface area contributed by atoms with Crippen molar-refractivity contribution < 1.29 is 19.7 Å². The Kier molecular flexibility index (Phi) is 3.79. The fourth-order valence-corrected chi connectivity index (χ4v) is 1.82. The predicted octanol–water partition coefficient (Wildman–Crippen LogP) is -0.557. The van der Waals surface area contributed by atoms with E-state index in [4.69, 9.17) is 9.47 Å². The van der Waals surface area contributed by atoms with Gasteiger partial charge in [-0.3, -0.25) is 0 Å². The van der Waals surface area contributed by atoms with Gasteiger partial charge in [0.15, 0.2) is 6.29 Å². The summed E-state index contributed by atoms with van der Waals surface area (Å²) in [7, 11) is 1.45. The van der Waals surface area contributed by atoms with E-state index in [0.29, 0.717) is 5.75 Å². The first-order chi connectivity index (χ1) is 5.70. The number of hydrogen-bond donors (Lipinski definition) is 2. The van der Waals surface area contributed by atoms with Crippen LogP contribution in [0.3, 0.4) is 0 Å². The summed E-state index contributed by atoms with van der Waals surface area (Å²) in [6, 6.07) is 0. The fourth-order valence-electron chi connectivity index (χ4n) is 1.21. The summed E-state index contributed by atoms with van der Waals surface area (Å²) in [5.74, 6) is 0.665. The van der Waals surface area contributed by atoms with Crippen molar-refractivity contribution in [3.05, 3.63) is 0 Å². The zero-order chi connectivity index (χ0) is 9.14. The molecule has 1 aliphatic heterocycles. The minimum Gasteiger partial charge on any atom is -0.387 e. The molecule has 1 saturated heterocycles. The highest BCUT2D eigenvalue weighted by Gasteiger charge is 2.42. The Morgan fingerprint density at radius 3 is 2.50 bits per heavy atom. The van der Waals surface area contributed by atoms with Crippen LogP contribution in [0.1, 0.15) is 0 Å². The van der Waals surface area contributed by atoms with E-state index in [0.717, 1.165) is 0 Å². The largest absolute Gasteiger partial charge is 0.387 e. The third-order valence-corrected chi connectivity index (χ3v) is 2.54. The average molecular weight is 194 g/mol.